The van der Waals surface area contributed by atoms with Crippen molar-refractivity contribution in [2.24, 2.45) is 5.92 Å². The monoisotopic (exact) mass is 650 g/mol. The number of carbonyl (C=O) groups excluding carboxylic acids is 1. The summed E-state index contributed by atoms with van der Waals surface area (Å²) in [5.41, 5.74) is 3.51. The van der Waals surface area contributed by atoms with E-state index >= 15 is 0 Å². The molecule has 1 saturated heterocycles. The van der Waals surface area contributed by atoms with Gasteiger partial charge in [-0.2, -0.15) is 5.10 Å². The summed E-state index contributed by atoms with van der Waals surface area (Å²) >= 11 is 1.57. The van der Waals surface area contributed by atoms with Gasteiger partial charge in [-0.05, 0) is 29.7 Å². The number of nitrogens with one attached hydrogen (secondary N) is 2. The lowest BCUT2D eigenvalue weighted by atomic mass is 9.91. The first-order valence-electron chi connectivity index (χ1n) is 17.5. The SMILES string of the molecule is CCCCCCCCCCCCCCCC(=O)Nc1cccc(C2OC(CSc3ncn[nH]3)C(C)C(c3ccc(CO)cc3)O2)c1. The van der Waals surface area contributed by atoms with E-state index in [-0.39, 0.29) is 30.6 Å². The van der Waals surface area contributed by atoms with Crippen LogP contribution < -0.4 is 5.32 Å². The number of unbranched alkanes of at least 4 members (excludes halogenated alkanes) is 12. The van der Waals surface area contributed by atoms with Gasteiger partial charge in [0.2, 0.25) is 5.91 Å². The summed E-state index contributed by atoms with van der Waals surface area (Å²) in [6.45, 7) is 4.41. The topological polar surface area (TPSA) is 109 Å². The Morgan fingerprint density at radius 1 is 0.891 bits per heavy atom. The van der Waals surface area contributed by atoms with Crippen molar-refractivity contribution in [1.82, 2.24) is 15.2 Å². The molecule has 4 atom stereocenters. The number of nitrogens with zero attached hydrogens (tertiary/aromatic N) is 2. The van der Waals surface area contributed by atoms with Crippen molar-refractivity contribution < 1.29 is 19.4 Å². The number of aliphatic hydroxyl groups is 1. The minimum atomic E-state index is -0.600. The molecule has 46 heavy (non-hydrogen) atoms. The van der Waals surface area contributed by atoms with Gasteiger partial charge in [-0.15, -0.1) is 0 Å². The van der Waals surface area contributed by atoms with Crippen LogP contribution in [-0.4, -0.2) is 38.1 Å². The molecule has 1 amide bonds. The summed E-state index contributed by atoms with van der Waals surface area (Å²) in [6.07, 6.45) is 17.9. The number of anilines is 1. The van der Waals surface area contributed by atoms with Crippen LogP contribution >= 0.6 is 11.8 Å². The van der Waals surface area contributed by atoms with Crippen LogP contribution in [0.1, 0.15) is 133 Å². The predicted octanol–water partition coefficient (Wildman–Crippen LogP) is 9.30. The van der Waals surface area contributed by atoms with Gasteiger partial charge in [0.15, 0.2) is 11.4 Å². The maximum Gasteiger partial charge on any atom is 0.224 e. The summed E-state index contributed by atoms with van der Waals surface area (Å²) in [6, 6.07) is 15.7. The number of carbonyl (C=O) groups is 1. The van der Waals surface area contributed by atoms with E-state index in [1.807, 2.05) is 48.5 Å². The largest absolute Gasteiger partial charge is 0.392 e. The molecule has 2 heterocycles. The second-order valence-electron chi connectivity index (χ2n) is 12.6. The van der Waals surface area contributed by atoms with Crippen LogP contribution in [0.3, 0.4) is 0 Å². The van der Waals surface area contributed by atoms with Gasteiger partial charge >= 0.3 is 0 Å². The van der Waals surface area contributed by atoms with E-state index in [2.05, 4.69) is 34.3 Å². The van der Waals surface area contributed by atoms with Gasteiger partial charge in [-0.3, -0.25) is 9.89 Å². The number of aromatic nitrogens is 3. The smallest absolute Gasteiger partial charge is 0.224 e. The number of aromatic amines is 1. The highest BCUT2D eigenvalue weighted by atomic mass is 32.2. The highest BCUT2D eigenvalue weighted by Gasteiger charge is 2.38. The maximum absolute atomic E-state index is 12.8. The fraction of sp³-hybridized carbons (Fsp3) is 0.595. The zero-order valence-electron chi connectivity index (χ0n) is 27.8. The summed E-state index contributed by atoms with van der Waals surface area (Å²) < 4.78 is 13.1. The minimum Gasteiger partial charge on any atom is -0.392 e. The Balaban J connectivity index is 1.24. The van der Waals surface area contributed by atoms with Crippen LogP contribution in [0.15, 0.2) is 60.0 Å². The Morgan fingerprint density at radius 3 is 2.20 bits per heavy atom. The quantitative estimate of drug-likeness (QED) is 0.0779. The summed E-state index contributed by atoms with van der Waals surface area (Å²) in [4.78, 5) is 17.0. The Hall–Kier alpha value is -2.72. The number of amides is 1. The van der Waals surface area contributed by atoms with E-state index in [0.717, 1.165) is 40.4 Å². The molecule has 4 rings (SSSR count). The Bertz CT molecular complexity index is 1260. The van der Waals surface area contributed by atoms with Crippen molar-refractivity contribution >= 4 is 23.4 Å². The second-order valence-corrected chi connectivity index (χ2v) is 13.6. The van der Waals surface area contributed by atoms with Gasteiger partial charge in [-0.25, -0.2) is 4.98 Å². The number of H-pyrrole nitrogens is 1. The molecule has 4 unspecified atom stereocenters. The summed E-state index contributed by atoms with van der Waals surface area (Å²) in [5, 5.41) is 20.2. The van der Waals surface area contributed by atoms with E-state index in [0.29, 0.717) is 12.2 Å². The molecule has 3 N–H and O–H groups in total. The average molecular weight is 651 g/mol. The fourth-order valence-corrected chi connectivity index (χ4v) is 6.97. The third-order valence-corrected chi connectivity index (χ3v) is 9.82. The highest BCUT2D eigenvalue weighted by molar-refractivity contribution is 7.99. The Kier molecular flexibility index (Phi) is 16.1. The molecule has 1 fully saturated rings. The van der Waals surface area contributed by atoms with Gasteiger partial charge in [0, 0.05) is 29.3 Å². The van der Waals surface area contributed by atoms with Crippen LogP contribution in [0.25, 0.3) is 0 Å². The Morgan fingerprint density at radius 2 is 1.57 bits per heavy atom. The molecule has 3 aromatic rings. The fourth-order valence-electron chi connectivity index (χ4n) is 6.02. The van der Waals surface area contributed by atoms with Gasteiger partial charge in [-0.1, -0.05) is 139 Å². The molecule has 8 nitrogen and oxygen atoms in total. The molecule has 0 saturated carbocycles. The van der Waals surface area contributed by atoms with Gasteiger partial charge in [0.05, 0.1) is 18.8 Å². The molecule has 1 aliphatic rings. The first-order chi connectivity index (χ1) is 22.6. The summed E-state index contributed by atoms with van der Waals surface area (Å²) in [7, 11) is 0. The summed E-state index contributed by atoms with van der Waals surface area (Å²) in [5.74, 6) is 0.786. The maximum atomic E-state index is 12.8. The average Bonchev–Trinajstić information content (AvgIpc) is 3.60. The molecule has 0 aliphatic carbocycles. The molecule has 0 radical (unpaired) electrons. The van der Waals surface area contributed by atoms with Crippen molar-refractivity contribution in [3.63, 3.8) is 0 Å². The number of benzene rings is 2. The van der Waals surface area contributed by atoms with Crippen molar-refractivity contribution in [3.8, 4) is 0 Å². The number of rotatable bonds is 21. The molecule has 1 aromatic heterocycles. The highest BCUT2D eigenvalue weighted by Crippen LogP contribution is 2.43. The van der Waals surface area contributed by atoms with Crippen LogP contribution in [-0.2, 0) is 20.9 Å². The lowest BCUT2D eigenvalue weighted by molar-refractivity contribution is -0.268. The lowest BCUT2D eigenvalue weighted by Gasteiger charge is -2.41. The van der Waals surface area contributed by atoms with Crippen molar-refractivity contribution in [2.45, 2.75) is 134 Å². The minimum absolute atomic E-state index is 0.00140. The van der Waals surface area contributed by atoms with E-state index in [1.54, 1.807) is 11.8 Å². The van der Waals surface area contributed by atoms with E-state index in [9.17, 15) is 9.90 Å². The predicted molar refractivity (Wildman–Crippen MR) is 185 cm³/mol. The number of aliphatic hydroxyl groups excluding tert-OH is 1. The first kappa shape index (κ1) is 36.1. The van der Waals surface area contributed by atoms with Crippen LogP contribution in [0.5, 0.6) is 0 Å². The first-order valence-corrected chi connectivity index (χ1v) is 18.4. The van der Waals surface area contributed by atoms with Gasteiger partial charge in [0.1, 0.15) is 6.33 Å². The zero-order chi connectivity index (χ0) is 32.4. The van der Waals surface area contributed by atoms with Crippen LogP contribution in [0.2, 0.25) is 0 Å². The van der Waals surface area contributed by atoms with Crippen LogP contribution in [0.4, 0.5) is 5.69 Å². The zero-order valence-corrected chi connectivity index (χ0v) is 28.6. The second kappa shape index (κ2) is 20.5. The lowest BCUT2D eigenvalue weighted by Crippen LogP contribution is -2.38. The molecule has 252 valence electrons. The number of ether oxygens (including phenoxy) is 2. The molecule has 0 bridgehead atoms. The molecule has 1 aliphatic heterocycles. The molecule has 0 spiro atoms. The van der Waals surface area contributed by atoms with Crippen molar-refractivity contribution in [2.75, 3.05) is 11.1 Å². The van der Waals surface area contributed by atoms with Crippen molar-refractivity contribution in [3.05, 3.63) is 71.5 Å². The molecule has 9 heteroatoms. The standard InChI is InChI=1S/C37H54N4O4S/c1-3-4-5-6-7-8-9-10-11-12-13-14-15-19-34(43)40-32-18-16-17-31(24-32)36-44-33(26-46-37-38-27-39-41-37)28(2)35(45-36)30-22-20-29(25-42)21-23-30/h16-18,20-24,27-28,33,35-36,42H,3-15,19,25-26H2,1-2H3,(H,40,43)(H,38,39,41). The van der Waals surface area contributed by atoms with E-state index in [4.69, 9.17) is 9.47 Å². The van der Waals surface area contributed by atoms with E-state index < -0.39 is 6.29 Å². The van der Waals surface area contributed by atoms with Gasteiger partial charge < -0.3 is 19.9 Å². The third kappa shape index (κ3) is 12.1. The molecule has 2 aromatic carbocycles. The number of hydrogen-bond acceptors (Lipinski definition) is 7. The Labute approximate surface area is 279 Å². The van der Waals surface area contributed by atoms with E-state index in [1.165, 1.54) is 77.0 Å². The van der Waals surface area contributed by atoms with Crippen molar-refractivity contribution in [1.29, 1.82) is 0 Å². The molecular formula is C37H54N4O4S. The van der Waals surface area contributed by atoms with Gasteiger partial charge in [0.25, 0.3) is 0 Å². The number of hydrogen-bond donors (Lipinski definition) is 3. The third-order valence-electron chi connectivity index (χ3n) is 8.85. The number of thioether (sulfide) groups is 1. The molecular weight excluding hydrogens is 596 g/mol. The normalized spacial score (nSPS) is 19.7. The van der Waals surface area contributed by atoms with Crippen LogP contribution in [0, 0.1) is 5.92 Å².